The van der Waals surface area contributed by atoms with Gasteiger partial charge in [0, 0.05) is 17.4 Å². The zero-order chi connectivity index (χ0) is 17.7. The molecule has 0 aromatic heterocycles. The normalized spacial score (nSPS) is 18.9. The van der Waals surface area contributed by atoms with E-state index in [0.29, 0.717) is 11.8 Å². The molecule has 6 heteroatoms. The van der Waals surface area contributed by atoms with Gasteiger partial charge < -0.3 is 10.1 Å². The maximum Gasteiger partial charge on any atom is 0.446 e. The number of ether oxygens (including phenoxy) is 1. The van der Waals surface area contributed by atoms with E-state index in [0.717, 1.165) is 31.4 Å². The number of hydrogen-bond donors (Lipinski definition) is 1. The molecule has 0 bridgehead atoms. The molecule has 0 aliphatic carbocycles. The van der Waals surface area contributed by atoms with Crippen LogP contribution >= 0.6 is 11.8 Å². The predicted molar refractivity (Wildman–Crippen MR) is 93.8 cm³/mol. The number of hydrogen-bond acceptors (Lipinski definition) is 3. The lowest BCUT2D eigenvalue weighted by atomic mass is 10.0. The van der Waals surface area contributed by atoms with Crippen molar-refractivity contribution in [2.45, 2.75) is 41.8 Å². The van der Waals surface area contributed by atoms with E-state index in [1.54, 1.807) is 12.1 Å². The van der Waals surface area contributed by atoms with Crippen molar-refractivity contribution in [2.75, 3.05) is 6.54 Å². The molecule has 2 aromatic carbocycles. The van der Waals surface area contributed by atoms with Gasteiger partial charge in [-0.05, 0) is 61.0 Å². The summed E-state index contributed by atoms with van der Waals surface area (Å²) in [5, 5.41) is 3.47. The Labute approximate surface area is 149 Å². The largest absolute Gasteiger partial charge is 0.486 e. The lowest BCUT2D eigenvalue weighted by molar-refractivity contribution is -0.0328. The maximum absolute atomic E-state index is 12.4. The van der Waals surface area contributed by atoms with Crippen molar-refractivity contribution in [1.29, 1.82) is 0 Å². The van der Waals surface area contributed by atoms with Gasteiger partial charge in [-0.1, -0.05) is 30.3 Å². The molecule has 134 valence electrons. The Kier molecular flexibility index (Phi) is 5.91. The maximum atomic E-state index is 12.4. The van der Waals surface area contributed by atoms with Crippen molar-refractivity contribution in [1.82, 2.24) is 5.32 Å². The summed E-state index contributed by atoms with van der Waals surface area (Å²) in [7, 11) is 0. The van der Waals surface area contributed by atoms with Crippen LogP contribution in [-0.4, -0.2) is 18.1 Å². The Morgan fingerprint density at radius 1 is 1.08 bits per heavy atom. The van der Waals surface area contributed by atoms with E-state index in [1.807, 2.05) is 30.3 Å². The molecule has 2 nitrogen and oxygen atoms in total. The Morgan fingerprint density at radius 3 is 2.40 bits per heavy atom. The number of nitrogens with one attached hydrogen (secondary N) is 1. The Morgan fingerprint density at radius 2 is 1.80 bits per heavy atom. The summed E-state index contributed by atoms with van der Waals surface area (Å²) < 4.78 is 43.4. The minimum Gasteiger partial charge on any atom is -0.486 e. The highest BCUT2D eigenvalue weighted by atomic mass is 32.2. The van der Waals surface area contributed by atoms with Gasteiger partial charge in [0.2, 0.25) is 0 Å². The third kappa shape index (κ3) is 5.68. The number of halogens is 3. The van der Waals surface area contributed by atoms with Gasteiger partial charge in [-0.2, -0.15) is 13.2 Å². The molecule has 25 heavy (non-hydrogen) atoms. The van der Waals surface area contributed by atoms with E-state index in [4.69, 9.17) is 4.74 Å². The van der Waals surface area contributed by atoms with E-state index >= 15 is 0 Å². The first-order valence-corrected chi connectivity index (χ1v) is 9.12. The van der Waals surface area contributed by atoms with Gasteiger partial charge in [-0.3, -0.25) is 0 Å². The Hall–Kier alpha value is -1.66. The Bertz CT molecular complexity index is 655. The van der Waals surface area contributed by atoms with Crippen molar-refractivity contribution in [3.63, 3.8) is 0 Å². The molecule has 3 rings (SSSR count). The standard InChI is InChI=1S/C19H20F3NOS/c20-19(21,22)25-17-10-8-16(9-11-17)24-18(13-15-7-4-12-23-15)14-5-2-1-3-6-14/h1-3,5-6,8-11,15,18,23H,4,7,12-13H2. The average Bonchev–Trinajstić information content (AvgIpc) is 3.08. The first-order chi connectivity index (χ1) is 12.0. The topological polar surface area (TPSA) is 21.3 Å². The average molecular weight is 367 g/mol. The minimum atomic E-state index is -4.27. The summed E-state index contributed by atoms with van der Waals surface area (Å²) in [6.07, 6.45) is 2.99. The Balaban J connectivity index is 1.71. The van der Waals surface area contributed by atoms with Crippen LogP contribution in [0.2, 0.25) is 0 Å². The van der Waals surface area contributed by atoms with Gasteiger partial charge in [0.05, 0.1) is 0 Å². The van der Waals surface area contributed by atoms with Crippen LogP contribution in [0.3, 0.4) is 0 Å². The first kappa shape index (κ1) is 18.1. The molecule has 1 aliphatic rings. The van der Waals surface area contributed by atoms with Crippen LogP contribution in [0, 0.1) is 0 Å². The van der Waals surface area contributed by atoms with Gasteiger partial charge in [-0.15, -0.1) is 0 Å². The van der Waals surface area contributed by atoms with Crippen LogP contribution in [0.25, 0.3) is 0 Å². The summed E-state index contributed by atoms with van der Waals surface area (Å²) in [4.78, 5) is 0.161. The molecule has 1 N–H and O–H groups in total. The van der Waals surface area contributed by atoms with E-state index in [2.05, 4.69) is 5.32 Å². The number of thioether (sulfide) groups is 1. The van der Waals surface area contributed by atoms with Crippen molar-refractivity contribution in [3.8, 4) is 5.75 Å². The van der Waals surface area contributed by atoms with Crippen LogP contribution in [0.5, 0.6) is 5.75 Å². The molecule has 2 atom stereocenters. The second-order valence-corrected chi connectivity index (χ2v) is 7.20. The van der Waals surface area contributed by atoms with Crippen molar-refractivity contribution >= 4 is 11.8 Å². The van der Waals surface area contributed by atoms with Gasteiger partial charge in [0.15, 0.2) is 0 Å². The lowest BCUT2D eigenvalue weighted by Gasteiger charge is -2.23. The first-order valence-electron chi connectivity index (χ1n) is 8.30. The van der Waals surface area contributed by atoms with Crippen LogP contribution in [0.15, 0.2) is 59.5 Å². The molecule has 2 unspecified atom stereocenters. The molecule has 0 amide bonds. The van der Waals surface area contributed by atoms with Crippen LogP contribution in [0.4, 0.5) is 13.2 Å². The number of benzene rings is 2. The van der Waals surface area contributed by atoms with Gasteiger partial charge in [-0.25, -0.2) is 0 Å². The summed E-state index contributed by atoms with van der Waals surface area (Å²) >= 11 is -0.115. The van der Waals surface area contributed by atoms with Gasteiger partial charge in [0.1, 0.15) is 11.9 Å². The highest BCUT2D eigenvalue weighted by Gasteiger charge is 2.29. The summed E-state index contributed by atoms with van der Waals surface area (Å²) in [6.45, 7) is 1.02. The molecule has 1 saturated heterocycles. The monoisotopic (exact) mass is 367 g/mol. The number of rotatable bonds is 6. The highest BCUT2D eigenvalue weighted by molar-refractivity contribution is 8.00. The molecule has 0 radical (unpaired) electrons. The van der Waals surface area contributed by atoms with Crippen LogP contribution in [-0.2, 0) is 0 Å². The minimum absolute atomic E-state index is 0.115. The zero-order valence-electron chi connectivity index (χ0n) is 13.6. The molecule has 2 aromatic rings. The predicted octanol–water partition coefficient (Wildman–Crippen LogP) is 5.56. The fourth-order valence-electron chi connectivity index (χ4n) is 3.02. The van der Waals surface area contributed by atoms with Crippen LogP contribution < -0.4 is 10.1 Å². The summed E-state index contributed by atoms with van der Waals surface area (Å²) in [5.74, 6) is 0.582. The molecule has 0 saturated carbocycles. The summed E-state index contributed by atoms with van der Waals surface area (Å²) in [6, 6.07) is 16.4. The van der Waals surface area contributed by atoms with Crippen molar-refractivity contribution in [2.24, 2.45) is 0 Å². The molecule has 1 fully saturated rings. The lowest BCUT2D eigenvalue weighted by Crippen LogP contribution is -2.25. The van der Waals surface area contributed by atoms with E-state index < -0.39 is 5.51 Å². The second kappa shape index (κ2) is 8.15. The molecule has 0 spiro atoms. The van der Waals surface area contributed by atoms with Gasteiger partial charge >= 0.3 is 5.51 Å². The van der Waals surface area contributed by atoms with E-state index in [9.17, 15) is 13.2 Å². The molecule has 1 heterocycles. The fourth-order valence-corrected chi connectivity index (χ4v) is 3.56. The van der Waals surface area contributed by atoms with E-state index in [1.165, 1.54) is 12.1 Å². The second-order valence-electron chi connectivity index (χ2n) is 6.07. The SMILES string of the molecule is FC(F)(F)Sc1ccc(OC(CC2CCCN2)c2ccccc2)cc1. The smallest absolute Gasteiger partial charge is 0.446 e. The quantitative estimate of drug-likeness (QED) is 0.675. The highest BCUT2D eigenvalue weighted by Crippen LogP contribution is 2.37. The third-order valence-corrected chi connectivity index (χ3v) is 4.91. The molecular formula is C19H20F3NOS. The van der Waals surface area contributed by atoms with Crippen molar-refractivity contribution < 1.29 is 17.9 Å². The van der Waals surface area contributed by atoms with Crippen molar-refractivity contribution in [3.05, 3.63) is 60.2 Å². The number of alkyl halides is 3. The van der Waals surface area contributed by atoms with E-state index in [-0.39, 0.29) is 22.8 Å². The molecular weight excluding hydrogens is 347 g/mol. The fraction of sp³-hybridized carbons (Fsp3) is 0.368. The zero-order valence-corrected chi connectivity index (χ0v) is 14.4. The summed E-state index contributed by atoms with van der Waals surface area (Å²) in [5.41, 5.74) is -3.20. The van der Waals surface area contributed by atoms with Gasteiger partial charge in [0.25, 0.3) is 0 Å². The third-order valence-electron chi connectivity index (χ3n) is 4.17. The molecule has 1 aliphatic heterocycles. The van der Waals surface area contributed by atoms with Crippen LogP contribution in [0.1, 0.15) is 30.9 Å².